The monoisotopic (exact) mass is 462 g/mol. The van der Waals surface area contributed by atoms with Crippen molar-refractivity contribution in [2.24, 2.45) is 0 Å². The first-order chi connectivity index (χ1) is 15.2. The Kier molecular flexibility index (Phi) is 8.94. The molecule has 0 fully saturated rings. The van der Waals surface area contributed by atoms with Gasteiger partial charge in [0, 0.05) is 0 Å². The Hall–Kier alpha value is -3.21. The van der Waals surface area contributed by atoms with Crippen LogP contribution in [0.1, 0.15) is 24.1 Å². The Morgan fingerprint density at radius 3 is 2.31 bits per heavy atom. The molecule has 0 amide bonds. The highest BCUT2D eigenvalue weighted by molar-refractivity contribution is 7.89. The molecule has 2 aromatic rings. The first-order valence-corrected chi connectivity index (χ1v) is 11.2. The molecule has 0 aliphatic heterocycles. The number of methoxy groups -OCH3 is 1. The summed E-state index contributed by atoms with van der Waals surface area (Å²) in [5.74, 6) is -0.959. The molecule has 32 heavy (non-hydrogen) atoms. The van der Waals surface area contributed by atoms with Gasteiger partial charge in [-0.1, -0.05) is 36.9 Å². The Balaban J connectivity index is 2.20. The van der Waals surface area contributed by atoms with Crippen molar-refractivity contribution in [3.63, 3.8) is 0 Å². The van der Waals surface area contributed by atoms with E-state index in [2.05, 4.69) is 16.8 Å². The van der Waals surface area contributed by atoms with Crippen LogP contribution in [0.2, 0.25) is 0 Å². The topological polar surface area (TPSA) is 120 Å². The number of esters is 2. The van der Waals surface area contributed by atoms with E-state index in [-0.39, 0.29) is 17.1 Å². The van der Waals surface area contributed by atoms with Gasteiger partial charge in [-0.25, -0.2) is 23.4 Å². The zero-order chi connectivity index (χ0) is 23.7. The highest BCUT2D eigenvalue weighted by Gasteiger charge is 2.26. The quantitative estimate of drug-likeness (QED) is 0.296. The van der Waals surface area contributed by atoms with E-state index < -0.39 is 34.6 Å². The molecule has 0 heterocycles. The molecule has 172 valence electrons. The maximum atomic E-state index is 12.8. The summed E-state index contributed by atoms with van der Waals surface area (Å²) in [6.07, 6.45) is 0. The SMILES string of the molecule is C=C(COC(=O)C(NNS(=O)(=O)c1ccccc1C)c1ccc(OC)cc1)C(=O)OCC. The number of rotatable bonds is 11. The van der Waals surface area contributed by atoms with Gasteiger partial charge in [-0.15, -0.1) is 4.83 Å². The number of hydrogen-bond acceptors (Lipinski definition) is 8. The third-order valence-electron chi connectivity index (χ3n) is 4.36. The van der Waals surface area contributed by atoms with Crippen LogP contribution < -0.4 is 15.0 Å². The van der Waals surface area contributed by atoms with E-state index in [9.17, 15) is 18.0 Å². The van der Waals surface area contributed by atoms with Crippen LogP contribution in [0.15, 0.2) is 65.6 Å². The van der Waals surface area contributed by atoms with Crippen LogP contribution in [0.25, 0.3) is 0 Å². The predicted octanol–water partition coefficient (Wildman–Crippen LogP) is 2.19. The normalized spacial score (nSPS) is 12.0. The molecule has 0 aliphatic carbocycles. The van der Waals surface area contributed by atoms with Crippen molar-refractivity contribution in [2.75, 3.05) is 20.3 Å². The van der Waals surface area contributed by atoms with Crippen LogP contribution in [0.3, 0.4) is 0 Å². The number of hydrogen-bond donors (Lipinski definition) is 2. The van der Waals surface area contributed by atoms with Crippen molar-refractivity contribution >= 4 is 22.0 Å². The summed E-state index contributed by atoms with van der Waals surface area (Å²) < 4.78 is 40.5. The number of benzene rings is 2. The maximum Gasteiger partial charge on any atom is 0.336 e. The van der Waals surface area contributed by atoms with Crippen LogP contribution >= 0.6 is 0 Å². The Labute approximate surface area is 187 Å². The minimum absolute atomic E-state index is 0.0471. The fourth-order valence-electron chi connectivity index (χ4n) is 2.66. The van der Waals surface area contributed by atoms with Gasteiger partial charge in [0.25, 0.3) is 10.0 Å². The summed E-state index contributed by atoms with van der Waals surface area (Å²) >= 11 is 0. The molecule has 1 unspecified atom stereocenters. The molecule has 0 saturated heterocycles. The Morgan fingerprint density at radius 1 is 1.06 bits per heavy atom. The maximum absolute atomic E-state index is 12.8. The lowest BCUT2D eigenvalue weighted by Crippen LogP contribution is -2.43. The summed E-state index contributed by atoms with van der Waals surface area (Å²) in [4.78, 5) is 26.7. The molecule has 2 N–H and O–H groups in total. The molecule has 0 bridgehead atoms. The minimum atomic E-state index is -3.98. The number of aryl methyl sites for hydroxylation is 1. The second-order valence-corrected chi connectivity index (χ2v) is 8.30. The van der Waals surface area contributed by atoms with Crippen molar-refractivity contribution in [1.29, 1.82) is 0 Å². The smallest absolute Gasteiger partial charge is 0.336 e. The average molecular weight is 463 g/mol. The van der Waals surface area contributed by atoms with E-state index in [1.54, 1.807) is 56.3 Å². The van der Waals surface area contributed by atoms with E-state index in [4.69, 9.17) is 14.2 Å². The van der Waals surface area contributed by atoms with Crippen molar-refractivity contribution in [2.45, 2.75) is 24.8 Å². The number of hydrazine groups is 1. The highest BCUT2D eigenvalue weighted by atomic mass is 32.2. The van der Waals surface area contributed by atoms with Gasteiger partial charge in [-0.05, 0) is 43.2 Å². The average Bonchev–Trinajstić information content (AvgIpc) is 2.78. The van der Waals surface area contributed by atoms with Crippen LogP contribution in [0, 0.1) is 6.92 Å². The third kappa shape index (κ3) is 6.64. The van der Waals surface area contributed by atoms with Crippen LogP contribution in [-0.2, 0) is 29.1 Å². The number of nitrogens with one attached hydrogen (secondary N) is 2. The summed E-state index contributed by atoms with van der Waals surface area (Å²) in [6.45, 7) is 6.58. The predicted molar refractivity (Wildman–Crippen MR) is 117 cm³/mol. The largest absolute Gasteiger partial charge is 0.497 e. The molecule has 0 spiro atoms. The van der Waals surface area contributed by atoms with Crippen LogP contribution in [-0.4, -0.2) is 40.7 Å². The highest BCUT2D eigenvalue weighted by Crippen LogP contribution is 2.20. The molecular formula is C22H26N2O7S. The molecule has 10 heteroatoms. The van der Waals surface area contributed by atoms with Crippen LogP contribution in [0.4, 0.5) is 0 Å². The molecule has 2 aromatic carbocycles. The minimum Gasteiger partial charge on any atom is -0.497 e. The summed E-state index contributed by atoms with van der Waals surface area (Å²) in [7, 11) is -2.48. The van der Waals surface area contributed by atoms with E-state index in [1.807, 2.05) is 0 Å². The van der Waals surface area contributed by atoms with Crippen molar-refractivity contribution in [3.8, 4) is 5.75 Å². The zero-order valence-electron chi connectivity index (χ0n) is 18.1. The van der Waals surface area contributed by atoms with Crippen molar-refractivity contribution in [3.05, 3.63) is 71.8 Å². The van der Waals surface area contributed by atoms with Gasteiger partial charge in [0.15, 0.2) is 0 Å². The van der Waals surface area contributed by atoms with E-state index in [0.717, 1.165) is 0 Å². The van der Waals surface area contributed by atoms with Gasteiger partial charge in [0.2, 0.25) is 0 Å². The van der Waals surface area contributed by atoms with Gasteiger partial charge in [-0.2, -0.15) is 0 Å². The first kappa shape index (κ1) is 25.1. The summed E-state index contributed by atoms with van der Waals surface area (Å²) in [5.41, 5.74) is 3.42. The first-order valence-electron chi connectivity index (χ1n) is 9.68. The summed E-state index contributed by atoms with van der Waals surface area (Å²) in [6, 6.07) is 11.6. The third-order valence-corrected chi connectivity index (χ3v) is 5.78. The zero-order valence-corrected chi connectivity index (χ0v) is 18.9. The Bertz CT molecular complexity index is 1070. The fourth-order valence-corrected chi connectivity index (χ4v) is 3.79. The number of sulfonamides is 1. The van der Waals surface area contributed by atoms with E-state index >= 15 is 0 Å². The van der Waals surface area contributed by atoms with Crippen molar-refractivity contribution in [1.82, 2.24) is 10.3 Å². The number of carbonyl (C=O) groups excluding carboxylic acids is 2. The van der Waals surface area contributed by atoms with E-state index in [1.165, 1.54) is 13.2 Å². The molecule has 1 atom stereocenters. The molecular weight excluding hydrogens is 436 g/mol. The lowest BCUT2D eigenvalue weighted by atomic mass is 10.1. The second-order valence-electron chi connectivity index (χ2n) is 6.65. The lowest BCUT2D eigenvalue weighted by Gasteiger charge is -2.19. The fraction of sp³-hybridized carbons (Fsp3) is 0.273. The van der Waals surface area contributed by atoms with Gasteiger partial charge >= 0.3 is 11.9 Å². The molecule has 0 aromatic heterocycles. The molecule has 0 aliphatic rings. The Morgan fingerprint density at radius 2 is 1.72 bits per heavy atom. The number of carbonyl (C=O) groups is 2. The van der Waals surface area contributed by atoms with Gasteiger partial charge in [-0.3, -0.25) is 0 Å². The van der Waals surface area contributed by atoms with Gasteiger partial charge in [0.05, 0.1) is 24.2 Å². The van der Waals surface area contributed by atoms with Gasteiger partial charge in [0.1, 0.15) is 18.4 Å². The summed E-state index contributed by atoms with van der Waals surface area (Å²) in [5, 5.41) is 0. The standard InChI is InChI=1S/C22H26N2O7S/c1-5-30-21(25)16(3)14-31-22(26)20(17-10-12-18(29-4)13-11-17)23-24-32(27,28)19-9-7-6-8-15(19)2/h6-13,20,23-24H,3,5,14H2,1-2,4H3. The molecule has 0 radical (unpaired) electrons. The number of ether oxygens (including phenoxy) is 3. The van der Waals surface area contributed by atoms with Crippen LogP contribution in [0.5, 0.6) is 5.75 Å². The molecule has 0 saturated carbocycles. The lowest BCUT2D eigenvalue weighted by molar-refractivity contribution is -0.147. The van der Waals surface area contributed by atoms with Crippen molar-refractivity contribution < 1.29 is 32.2 Å². The van der Waals surface area contributed by atoms with E-state index in [0.29, 0.717) is 16.9 Å². The second kappa shape index (κ2) is 11.4. The molecule has 9 nitrogen and oxygen atoms in total. The van der Waals surface area contributed by atoms with Gasteiger partial charge < -0.3 is 14.2 Å². The molecule has 2 rings (SSSR count).